The third-order valence-corrected chi connectivity index (χ3v) is 5.27. The van der Waals surface area contributed by atoms with Crippen molar-refractivity contribution in [2.24, 2.45) is 11.8 Å². The van der Waals surface area contributed by atoms with E-state index in [2.05, 4.69) is 22.7 Å². The largest absolute Gasteiger partial charge is 0.396 e. The summed E-state index contributed by atoms with van der Waals surface area (Å²) in [5.74, 6) is -0.135. The van der Waals surface area contributed by atoms with Gasteiger partial charge in [0.1, 0.15) is 5.82 Å². The molecule has 7 heteroatoms. The van der Waals surface area contributed by atoms with Gasteiger partial charge < -0.3 is 15.7 Å². The van der Waals surface area contributed by atoms with Gasteiger partial charge in [-0.25, -0.2) is 4.68 Å². The van der Waals surface area contributed by atoms with E-state index < -0.39 is 11.8 Å². The fraction of sp³-hybridized carbons (Fsp3) is 0.706. The SMILES string of the molecule is C[C@H](C1CC1)n1nccc1NC(=O)C(=O)N[C@H]1CCCC[C@H]1CO. The molecule has 0 saturated heterocycles. The number of nitrogens with zero attached hydrogens (tertiary/aromatic N) is 2. The fourth-order valence-electron chi connectivity index (χ4n) is 3.54. The lowest BCUT2D eigenvalue weighted by Gasteiger charge is -2.30. The minimum absolute atomic E-state index is 0.0379. The van der Waals surface area contributed by atoms with Crippen LogP contribution in [0.5, 0.6) is 0 Å². The lowest BCUT2D eigenvalue weighted by atomic mass is 9.85. The van der Waals surface area contributed by atoms with Crippen LogP contribution in [-0.2, 0) is 9.59 Å². The molecule has 2 saturated carbocycles. The molecule has 0 radical (unpaired) electrons. The summed E-state index contributed by atoms with van der Waals surface area (Å²) in [6.45, 7) is 2.12. The number of rotatable bonds is 5. The van der Waals surface area contributed by atoms with Gasteiger partial charge in [0.25, 0.3) is 0 Å². The van der Waals surface area contributed by atoms with Gasteiger partial charge in [-0.1, -0.05) is 12.8 Å². The smallest absolute Gasteiger partial charge is 0.314 e. The highest BCUT2D eigenvalue weighted by molar-refractivity contribution is 6.39. The molecule has 1 heterocycles. The summed E-state index contributed by atoms with van der Waals surface area (Å²) < 4.78 is 1.78. The average molecular weight is 334 g/mol. The van der Waals surface area contributed by atoms with Crippen molar-refractivity contribution in [2.75, 3.05) is 11.9 Å². The number of aromatic nitrogens is 2. The highest BCUT2D eigenvalue weighted by atomic mass is 16.3. The van der Waals surface area contributed by atoms with Crippen LogP contribution in [0.25, 0.3) is 0 Å². The number of nitrogens with one attached hydrogen (secondary N) is 2. The van der Waals surface area contributed by atoms with Gasteiger partial charge in [0.2, 0.25) is 0 Å². The summed E-state index contributed by atoms with van der Waals surface area (Å²) in [7, 11) is 0. The van der Waals surface area contributed by atoms with Crippen molar-refractivity contribution in [2.45, 2.75) is 57.5 Å². The molecule has 3 rings (SSSR count). The summed E-state index contributed by atoms with van der Waals surface area (Å²) in [5, 5.41) is 19.1. The maximum atomic E-state index is 12.2. The Morgan fingerprint density at radius 2 is 2.04 bits per heavy atom. The van der Waals surface area contributed by atoms with E-state index in [0.717, 1.165) is 25.7 Å². The van der Waals surface area contributed by atoms with Crippen LogP contribution in [0.15, 0.2) is 12.3 Å². The molecule has 1 aromatic rings. The van der Waals surface area contributed by atoms with Crippen LogP contribution >= 0.6 is 0 Å². The molecule has 2 aliphatic rings. The number of carbonyl (C=O) groups is 2. The zero-order chi connectivity index (χ0) is 17.1. The van der Waals surface area contributed by atoms with E-state index in [1.165, 1.54) is 12.8 Å². The molecule has 0 aliphatic heterocycles. The first kappa shape index (κ1) is 17.0. The molecule has 132 valence electrons. The van der Waals surface area contributed by atoms with Gasteiger partial charge in [0.15, 0.2) is 0 Å². The van der Waals surface area contributed by atoms with E-state index in [0.29, 0.717) is 11.7 Å². The number of hydrogen-bond donors (Lipinski definition) is 3. The second-order valence-electron chi connectivity index (χ2n) is 7.00. The van der Waals surface area contributed by atoms with Gasteiger partial charge in [-0.15, -0.1) is 0 Å². The summed E-state index contributed by atoms with van der Waals surface area (Å²) in [5.41, 5.74) is 0. The number of aliphatic hydroxyl groups is 1. The van der Waals surface area contributed by atoms with Crippen LogP contribution in [0.4, 0.5) is 5.82 Å². The summed E-state index contributed by atoms with van der Waals surface area (Å²) in [6.07, 6.45) is 7.75. The molecule has 2 amide bonds. The second kappa shape index (κ2) is 7.34. The first-order valence-electron chi connectivity index (χ1n) is 8.86. The lowest BCUT2D eigenvalue weighted by Crippen LogP contribution is -2.47. The molecule has 0 bridgehead atoms. The second-order valence-corrected chi connectivity index (χ2v) is 7.00. The zero-order valence-electron chi connectivity index (χ0n) is 14.1. The Morgan fingerprint density at radius 3 is 2.75 bits per heavy atom. The van der Waals surface area contributed by atoms with Gasteiger partial charge >= 0.3 is 11.8 Å². The Morgan fingerprint density at radius 1 is 1.29 bits per heavy atom. The quantitative estimate of drug-likeness (QED) is 0.710. The topological polar surface area (TPSA) is 96.2 Å². The van der Waals surface area contributed by atoms with Crippen LogP contribution in [0, 0.1) is 11.8 Å². The standard InChI is InChI=1S/C17H26N4O3/c1-11(12-6-7-12)21-15(8-9-18-21)20-17(24)16(23)19-14-5-3-2-4-13(14)10-22/h8-9,11-14,22H,2-7,10H2,1H3,(H,19,23)(H,20,24)/t11-,13+,14+/m1/s1. The average Bonchev–Trinajstić information content (AvgIpc) is 3.34. The fourth-order valence-corrected chi connectivity index (χ4v) is 3.54. The van der Waals surface area contributed by atoms with Gasteiger partial charge in [-0.2, -0.15) is 5.10 Å². The number of hydrogen-bond acceptors (Lipinski definition) is 4. The molecule has 24 heavy (non-hydrogen) atoms. The van der Waals surface area contributed by atoms with E-state index in [4.69, 9.17) is 0 Å². The van der Waals surface area contributed by atoms with Crippen molar-refractivity contribution in [1.29, 1.82) is 0 Å². The van der Waals surface area contributed by atoms with Crippen molar-refractivity contribution in [1.82, 2.24) is 15.1 Å². The predicted molar refractivity (Wildman–Crippen MR) is 89.3 cm³/mol. The molecule has 0 unspecified atom stereocenters. The molecule has 0 aromatic carbocycles. The summed E-state index contributed by atoms with van der Waals surface area (Å²) >= 11 is 0. The van der Waals surface area contributed by atoms with Gasteiger partial charge in [0.05, 0.1) is 12.2 Å². The van der Waals surface area contributed by atoms with E-state index in [9.17, 15) is 14.7 Å². The van der Waals surface area contributed by atoms with Crippen molar-refractivity contribution < 1.29 is 14.7 Å². The number of aliphatic hydroxyl groups excluding tert-OH is 1. The molecule has 3 atom stereocenters. The van der Waals surface area contributed by atoms with E-state index >= 15 is 0 Å². The van der Waals surface area contributed by atoms with Crippen LogP contribution in [0.1, 0.15) is 51.5 Å². The molecular formula is C17H26N4O3. The van der Waals surface area contributed by atoms with Gasteiger partial charge in [-0.05, 0) is 38.5 Å². The number of anilines is 1. The lowest BCUT2D eigenvalue weighted by molar-refractivity contribution is -0.137. The molecule has 2 aliphatic carbocycles. The van der Waals surface area contributed by atoms with Crippen molar-refractivity contribution in [3.8, 4) is 0 Å². The number of amides is 2. The molecular weight excluding hydrogens is 308 g/mol. The van der Waals surface area contributed by atoms with Crippen molar-refractivity contribution in [3.05, 3.63) is 12.3 Å². The van der Waals surface area contributed by atoms with Crippen LogP contribution in [0.2, 0.25) is 0 Å². The molecule has 2 fully saturated rings. The highest BCUT2D eigenvalue weighted by Crippen LogP contribution is 2.40. The van der Waals surface area contributed by atoms with E-state index in [-0.39, 0.29) is 24.6 Å². The minimum Gasteiger partial charge on any atom is -0.396 e. The Bertz CT molecular complexity index is 596. The summed E-state index contributed by atoms with van der Waals surface area (Å²) in [6, 6.07) is 1.80. The molecule has 7 nitrogen and oxygen atoms in total. The van der Waals surface area contributed by atoms with Crippen molar-refractivity contribution >= 4 is 17.6 Å². The Kier molecular flexibility index (Phi) is 5.18. The highest BCUT2D eigenvalue weighted by Gasteiger charge is 2.32. The van der Waals surface area contributed by atoms with Crippen LogP contribution in [0.3, 0.4) is 0 Å². The van der Waals surface area contributed by atoms with Gasteiger partial charge in [0, 0.05) is 24.6 Å². The van der Waals surface area contributed by atoms with E-state index in [1.54, 1.807) is 16.9 Å². The van der Waals surface area contributed by atoms with Crippen LogP contribution < -0.4 is 10.6 Å². The Hall–Kier alpha value is -1.89. The molecule has 3 N–H and O–H groups in total. The maximum Gasteiger partial charge on any atom is 0.314 e. The number of carbonyl (C=O) groups excluding carboxylic acids is 2. The van der Waals surface area contributed by atoms with Crippen LogP contribution in [-0.4, -0.2) is 39.4 Å². The first-order valence-corrected chi connectivity index (χ1v) is 8.86. The third-order valence-electron chi connectivity index (χ3n) is 5.27. The minimum atomic E-state index is -0.679. The molecule has 1 aromatic heterocycles. The monoisotopic (exact) mass is 334 g/mol. The Labute approximate surface area is 141 Å². The summed E-state index contributed by atoms with van der Waals surface area (Å²) in [4.78, 5) is 24.4. The maximum absolute atomic E-state index is 12.2. The van der Waals surface area contributed by atoms with E-state index in [1.807, 2.05) is 0 Å². The normalized spacial score (nSPS) is 25.1. The predicted octanol–water partition coefficient (Wildman–Crippen LogP) is 1.46. The zero-order valence-corrected chi connectivity index (χ0v) is 14.1. The third kappa shape index (κ3) is 3.77. The first-order chi connectivity index (χ1) is 11.6. The van der Waals surface area contributed by atoms with Gasteiger partial charge in [-0.3, -0.25) is 9.59 Å². The van der Waals surface area contributed by atoms with Crippen molar-refractivity contribution in [3.63, 3.8) is 0 Å². The molecule has 0 spiro atoms. The Balaban J connectivity index is 1.58.